The summed E-state index contributed by atoms with van der Waals surface area (Å²) in [6.07, 6.45) is 3.51. The first-order valence-electron chi connectivity index (χ1n) is 4.51. The van der Waals surface area contributed by atoms with Crippen molar-refractivity contribution in [3.63, 3.8) is 0 Å². The molecule has 13 heavy (non-hydrogen) atoms. The number of H-pyrrole nitrogens is 1. The SMILES string of the molecule is CCOC(C)(C)CNc1ncc[nH]1. The Bertz CT molecular complexity index is 231. The Morgan fingerprint density at radius 1 is 1.62 bits per heavy atom. The maximum Gasteiger partial charge on any atom is 0.200 e. The van der Waals surface area contributed by atoms with Crippen LogP contribution in [0.3, 0.4) is 0 Å². The van der Waals surface area contributed by atoms with E-state index in [1.807, 2.05) is 20.8 Å². The quantitative estimate of drug-likeness (QED) is 0.729. The normalized spacial score (nSPS) is 11.6. The number of ether oxygens (including phenoxy) is 1. The van der Waals surface area contributed by atoms with Gasteiger partial charge in [0, 0.05) is 25.5 Å². The molecule has 0 aliphatic carbocycles. The summed E-state index contributed by atoms with van der Waals surface area (Å²) in [6, 6.07) is 0. The molecule has 0 saturated carbocycles. The number of anilines is 1. The molecule has 1 aromatic heterocycles. The fraction of sp³-hybridized carbons (Fsp3) is 0.667. The summed E-state index contributed by atoms with van der Waals surface area (Å²) >= 11 is 0. The van der Waals surface area contributed by atoms with Crippen molar-refractivity contribution in [1.82, 2.24) is 9.97 Å². The van der Waals surface area contributed by atoms with E-state index in [-0.39, 0.29) is 5.60 Å². The van der Waals surface area contributed by atoms with Gasteiger partial charge in [-0.25, -0.2) is 4.98 Å². The molecule has 1 rings (SSSR count). The average Bonchev–Trinajstić information content (AvgIpc) is 2.52. The molecule has 0 amide bonds. The van der Waals surface area contributed by atoms with Crippen LogP contribution in [0.15, 0.2) is 12.4 Å². The van der Waals surface area contributed by atoms with Crippen molar-refractivity contribution in [1.29, 1.82) is 0 Å². The lowest BCUT2D eigenvalue weighted by Gasteiger charge is -2.24. The molecule has 4 nitrogen and oxygen atoms in total. The minimum atomic E-state index is -0.151. The van der Waals surface area contributed by atoms with Crippen LogP contribution in [0.4, 0.5) is 5.95 Å². The predicted molar refractivity (Wildman–Crippen MR) is 52.8 cm³/mol. The predicted octanol–water partition coefficient (Wildman–Crippen LogP) is 1.64. The molecule has 0 radical (unpaired) electrons. The first-order chi connectivity index (χ1) is 6.14. The van der Waals surface area contributed by atoms with Crippen LogP contribution in [-0.2, 0) is 4.74 Å². The third kappa shape index (κ3) is 3.46. The van der Waals surface area contributed by atoms with Gasteiger partial charge >= 0.3 is 0 Å². The molecule has 2 N–H and O–H groups in total. The Hall–Kier alpha value is -1.03. The lowest BCUT2D eigenvalue weighted by molar-refractivity contribution is 0.000593. The molecule has 1 aromatic rings. The number of hydrogen-bond acceptors (Lipinski definition) is 3. The van der Waals surface area contributed by atoms with Gasteiger partial charge in [-0.05, 0) is 20.8 Å². The summed E-state index contributed by atoms with van der Waals surface area (Å²) in [6.45, 7) is 7.56. The van der Waals surface area contributed by atoms with Crippen LogP contribution in [-0.4, -0.2) is 28.7 Å². The van der Waals surface area contributed by atoms with Crippen molar-refractivity contribution in [2.45, 2.75) is 26.4 Å². The summed E-state index contributed by atoms with van der Waals surface area (Å²) in [4.78, 5) is 7.03. The Labute approximate surface area is 78.7 Å². The fourth-order valence-electron chi connectivity index (χ4n) is 1.10. The van der Waals surface area contributed by atoms with Crippen molar-refractivity contribution in [3.05, 3.63) is 12.4 Å². The van der Waals surface area contributed by atoms with Gasteiger partial charge in [0.2, 0.25) is 0 Å². The van der Waals surface area contributed by atoms with E-state index < -0.39 is 0 Å². The zero-order valence-corrected chi connectivity index (χ0v) is 8.42. The van der Waals surface area contributed by atoms with Gasteiger partial charge < -0.3 is 15.0 Å². The Morgan fingerprint density at radius 2 is 2.38 bits per heavy atom. The molecule has 0 spiro atoms. The Balaban J connectivity index is 2.33. The fourth-order valence-corrected chi connectivity index (χ4v) is 1.10. The molecule has 0 saturated heterocycles. The van der Waals surface area contributed by atoms with Crippen molar-refractivity contribution in [2.24, 2.45) is 0 Å². The second kappa shape index (κ2) is 4.28. The summed E-state index contributed by atoms with van der Waals surface area (Å²) in [5.74, 6) is 0.785. The largest absolute Gasteiger partial charge is 0.374 e. The zero-order valence-electron chi connectivity index (χ0n) is 8.42. The molecular weight excluding hydrogens is 166 g/mol. The number of nitrogens with zero attached hydrogens (tertiary/aromatic N) is 1. The third-order valence-electron chi connectivity index (χ3n) is 1.71. The molecule has 0 atom stereocenters. The van der Waals surface area contributed by atoms with Crippen LogP contribution in [0.2, 0.25) is 0 Å². The first kappa shape index (κ1) is 10.1. The van der Waals surface area contributed by atoms with Crippen LogP contribution in [0, 0.1) is 0 Å². The van der Waals surface area contributed by atoms with Gasteiger partial charge in [0.25, 0.3) is 0 Å². The van der Waals surface area contributed by atoms with Gasteiger partial charge in [0.15, 0.2) is 5.95 Å². The van der Waals surface area contributed by atoms with Crippen molar-refractivity contribution >= 4 is 5.95 Å². The van der Waals surface area contributed by atoms with Crippen LogP contribution in [0.25, 0.3) is 0 Å². The smallest absolute Gasteiger partial charge is 0.200 e. The van der Waals surface area contributed by atoms with Crippen LogP contribution in [0.1, 0.15) is 20.8 Å². The highest BCUT2D eigenvalue weighted by atomic mass is 16.5. The van der Waals surface area contributed by atoms with E-state index >= 15 is 0 Å². The lowest BCUT2D eigenvalue weighted by atomic mass is 10.1. The molecular formula is C9H17N3O. The third-order valence-corrected chi connectivity index (χ3v) is 1.71. The number of rotatable bonds is 5. The molecule has 1 heterocycles. The maximum atomic E-state index is 5.52. The minimum absolute atomic E-state index is 0.151. The van der Waals surface area contributed by atoms with E-state index in [9.17, 15) is 0 Å². The topological polar surface area (TPSA) is 49.9 Å². The summed E-state index contributed by atoms with van der Waals surface area (Å²) < 4.78 is 5.52. The van der Waals surface area contributed by atoms with Gasteiger partial charge in [-0.2, -0.15) is 0 Å². The van der Waals surface area contributed by atoms with Crippen LogP contribution in [0.5, 0.6) is 0 Å². The summed E-state index contributed by atoms with van der Waals surface area (Å²) in [5.41, 5.74) is -0.151. The van der Waals surface area contributed by atoms with Crippen molar-refractivity contribution < 1.29 is 4.74 Å². The molecule has 0 aromatic carbocycles. The average molecular weight is 183 g/mol. The van der Waals surface area contributed by atoms with Crippen LogP contribution < -0.4 is 5.32 Å². The lowest BCUT2D eigenvalue weighted by Crippen LogP contribution is -2.33. The summed E-state index contributed by atoms with van der Waals surface area (Å²) in [7, 11) is 0. The van der Waals surface area contributed by atoms with Crippen molar-refractivity contribution in [3.8, 4) is 0 Å². The molecule has 74 valence electrons. The van der Waals surface area contributed by atoms with Crippen molar-refractivity contribution in [2.75, 3.05) is 18.5 Å². The van der Waals surface area contributed by atoms with Gasteiger partial charge in [0.05, 0.1) is 5.60 Å². The maximum absolute atomic E-state index is 5.52. The highest BCUT2D eigenvalue weighted by Crippen LogP contribution is 2.09. The number of hydrogen-bond donors (Lipinski definition) is 2. The molecule has 0 fully saturated rings. The Morgan fingerprint density at radius 3 is 2.92 bits per heavy atom. The standard InChI is InChI=1S/C9H17N3O/c1-4-13-9(2,3)7-12-8-10-5-6-11-8/h5-6H,4,7H2,1-3H3,(H2,10,11,12). The van der Waals surface area contributed by atoms with Crippen LogP contribution >= 0.6 is 0 Å². The van der Waals surface area contributed by atoms with E-state index in [1.54, 1.807) is 12.4 Å². The molecule has 0 bridgehead atoms. The molecule has 0 aliphatic rings. The monoisotopic (exact) mass is 183 g/mol. The number of imidazole rings is 1. The molecule has 4 heteroatoms. The second-order valence-electron chi connectivity index (χ2n) is 3.48. The second-order valence-corrected chi connectivity index (χ2v) is 3.48. The highest BCUT2D eigenvalue weighted by Gasteiger charge is 2.17. The Kier molecular flexibility index (Phi) is 3.31. The number of aromatic nitrogens is 2. The van der Waals surface area contributed by atoms with Gasteiger partial charge in [0.1, 0.15) is 0 Å². The number of nitrogens with one attached hydrogen (secondary N) is 2. The van der Waals surface area contributed by atoms with Gasteiger partial charge in [-0.1, -0.05) is 0 Å². The zero-order chi connectivity index (χ0) is 9.73. The van der Waals surface area contributed by atoms with E-state index in [0.717, 1.165) is 19.1 Å². The summed E-state index contributed by atoms with van der Waals surface area (Å²) in [5, 5.41) is 3.16. The van der Waals surface area contributed by atoms with Gasteiger partial charge in [-0.3, -0.25) is 0 Å². The molecule has 0 unspecified atom stereocenters. The van der Waals surface area contributed by atoms with Gasteiger partial charge in [-0.15, -0.1) is 0 Å². The first-order valence-corrected chi connectivity index (χ1v) is 4.51. The minimum Gasteiger partial charge on any atom is -0.374 e. The van der Waals surface area contributed by atoms with E-state index in [1.165, 1.54) is 0 Å². The molecule has 0 aliphatic heterocycles. The van der Waals surface area contributed by atoms with E-state index in [4.69, 9.17) is 4.74 Å². The number of aromatic amines is 1. The van der Waals surface area contributed by atoms with E-state index in [2.05, 4.69) is 15.3 Å². The highest BCUT2D eigenvalue weighted by molar-refractivity contribution is 5.23. The van der Waals surface area contributed by atoms with E-state index in [0.29, 0.717) is 0 Å².